The molecule has 0 fully saturated rings. The van der Waals surface area contributed by atoms with Crippen LogP contribution in [0.3, 0.4) is 0 Å². The van der Waals surface area contributed by atoms with Crippen LogP contribution in [-0.2, 0) is 9.05 Å². The fourth-order valence-electron chi connectivity index (χ4n) is 1.89. The zero-order valence-corrected chi connectivity index (χ0v) is 13.4. The number of carbonyl (C=O) groups is 1. The molecule has 0 aliphatic carbocycles. The highest BCUT2D eigenvalue weighted by molar-refractivity contribution is 8.13. The normalized spacial score (nSPS) is 13.3. The maximum absolute atomic E-state index is 13.3. The first kappa shape index (κ1) is 17.8. The van der Waals surface area contributed by atoms with Crippen molar-refractivity contribution in [2.24, 2.45) is 5.92 Å². The lowest BCUT2D eigenvalue weighted by molar-refractivity contribution is 0.0920. The lowest BCUT2D eigenvalue weighted by Gasteiger charge is -2.21. The molecule has 1 aromatic rings. The maximum atomic E-state index is 13.3. The third kappa shape index (κ3) is 4.38. The summed E-state index contributed by atoms with van der Waals surface area (Å²) in [7, 11) is 0.792. The molecule has 1 aromatic carbocycles. The van der Waals surface area contributed by atoms with E-state index >= 15 is 0 Å². The predicted molar refractivity (Wildman–Crippen MR) is 75.8 cm³/mol. The van der Waals surface area contributed by atoms with Crippen LogP contribution in [0.5, 0.6) is 0 Å². The molecule has 0 spiro atoms. The van der Waals surface area contributed by atoms with Crippen LogP contribution in [-0.4, -0.2) is 20.4 Å². The topological polar surface area (TPSA) is 63.2 Å². The summed E-state index contributed by atoms with van der Waals surface area (Å²) in [5, 5.41) is 2.59. The minimum absolute atomic E-state index is 0.0975. The highest BCUT2D eigenvalue weighted by Gasteiger charge is 2.25. The molecule has 0 saturated carbocycles. The molecule has 0 bridgehead atoms. The Labute approximate surface area is 126 Å². The Morgan fingerprint density at radius 1 is 1.29 bits per heavy atom. The van der Waals surface area contributed by atoms with Crippen molar-refractivity contribution in [1.29, 1.82) is 0 Å². The highest BCUT2D eigenvalue weighted by Crippen LogP contribution is 2.23. The van der Waals surface area contributed by atoms with Crippen molar-refractivity contribution < 1.29 is 22.0 Å². The van der Waals surface area contributed by atoms with Gasteiger partial charge in [0.2, 0.25) is 0 Å². The average Bonchev–Trinajstić information content (AvgIpc) is 2.36. The second kappa shape index (κ2) is 6.70. The lowest BCUT2D eigenvalue weighted by Crippen LogP contribution is -2.38. The standard InChI is InChI=1S/C13H16ClF2NO3S/c1-4-11(7(2)3)17-13(18)8-5-9(15)10(16)6-12(8)21(14,19)20/h5-7,11H,4H2,1-3H3,(H,17,18). The van der Waals surface area contributed by atoms with E-state index < -0.39 is 37.1 Å². The highest BCUT2D eigenvalue weighted by atomic mass is 35.7. The van der Waals surface area contributed by atoms with E-state index in [4.69, 9.17) is 10.7 Å². The van der Waals surface area contributed by atoms with Gasteiger partial charge in [-0.15, -0.1) is 0 Å². The molecule has 0 aliphatic heterocycles. The average molecular weight is 340 g/mol. The first-order chi connectivity index (χ1) is 9.57. The molecule has 1 unspecified atom stereocenters. The first-order valence-electron chi connectivity index (χ1n) is 6.32. The van der Waals surface area contributed by atoms with Crippen molar-refractivity contribution >= 4 is 25.6 Å². The molecule has 1 N–H and O–H groups in total. The Hall–Kier alpha value is -1.21. The molecule has 0 heterocycles. The van der Waals surface area contributed by atoms with Gasteiger partial charge in [0.05, 0.1) is 10.5 Å². The Kier molecular flexibility index (Phi) is 5.69. The third-order valence-electron chi connectivity index (χ3n) is 3.09. The Morgan fingerprint density at radius 2 is 1.81 bits per heavy atom. The summed E-state index contributed by atoms with van der Waals surface area (Å²) in [6, 6.07) is 0.715. The molecule has 4 nitrogen and oxygen atoms in total. The second-order valence-corrected chi connectivity index (χ2v) is 7.47. The molecule has 1 amide bonds. The SMILES string of the molecule is CCC(NC(=O)c1cc(F)c(F)cc1S(=O)(=O)Cl)C(C)C. The number of benzene rings is 1. The molecule has 1 atom stereocenters. The molecule has 1 rings (SSSR count). The van der Waals surface area contributed by atoms with Crippen LogP contribution >= 0.6 is 10.7 Å². The smallest absolute Gasteiger partial charge is 0.262 e. The summed E-state index contributed by atoms with van der Waals surface area (Å²) < 4.78 is 49.3. The van der Waals surface area contributed by atoms with Gasteiger partial charge in [-0.05, 0) is 24.5 Å². The van der Waals surface area contributed by atoms with E-state index in [0.29, 0.717) is 18.6 Å². The predicted octanol–water partition coefficient (Wildman–Crippen LogP) is 3.06. The van der Waals surface area contributed by atoms with Crippen molar-refractivity contribution in [1.82, 2.24) is 5.32 Å². The van der Waals surface area contributed by atoms with Gasteiger partial charge >= 0.3 is 0 Å². The van der Waals surface area contributed by atoms with E-state index in [-0.39, 0.29) is 12.0 Å². The maximum Gasteiger partial charge on any atom is 0.262 e. The molecular formula is C13H16ClF2NO3S. The molecular weight excluding hydrogens is 324 g/mol. The van der Waals surface area contributed by atoms with E-state index in [1.165, 1.54) is 0 Å². The third-order valence-corrected chi connectivity index (χ3v) is 4.45. The van der Waals surface area contributed by atoms with E-state index in [0.717, 1.165) is 0 Å². The van der Waals surface area contributed by atoms with E-state index in [1.807, 2.05) is 20.8 Å². The van der Waals surface area contributed by atoms with Gasteiger partial charge in [-0.25, -0.2) is 17.2 Å². The van der Waals surface area contributed by atoms with Crippen LogP contribution in [0.4, 0.5) is 8.78 Å². The van der Waals surface area contributed by atoms with Crippen molar-refractivity contribution in [3.63, 3.8) is 0 Å². The van der Waals surface area contributed by atoms with E-state index in [9.17, 15) is 22.0 Å². The Morgan fingerprint density at radius 3 is 2.24 bits per heavy atom. The van der Waals surface area contributed by atoms with Gasteiger partial charge in [-0.3, -0.25) is 4.79 Å². The van der Waals surface area contributed by atoms with E-state index in [2.05, 4.69) is 5.32 Å². The number of nitrogens with one attached hydrogen (secondary N) is 1. The number of halogens is 3. The Bertz CT molecular complexity index is 647. The van der Waals surface area contributed by atoms with Gasteiger partial charge in [0.15, 0.2) is 11.6 Å². The van der Waals surface area contributed by atoms with E-state index in [1.54, 1.807) is 0 Å². The van der Waals surface area contributed by atoms with Gasteiger partial charge in [0, 0.05) is 16.7 Å². The lowest BCUT2D eigenvalue weighted by atomic mass is 10.0. The Balaban J connectivity index is 3.29. The van der Waals surface area contributed by atoms with Crippen LogP contribution in [0.2, 0.25) is 0 Å². The summed E-state index contributed by atoms with van der Waals surface area (Å²) in [6.45, 7) is 5.59. The van der Waals surface area contributed by atoms with Gasteiger partial charge in [0.1, 0.15) is 0 Å². The largest absolute Gasteiger partial charge is 0.349 e. The zero-order chi connectivity index (χ0) is 16.4. The van der Waals surface area contributed by atoms with Crippen molar-refractivity contribution in [2.45, 2.75) is 38.1 Å². The summed E-state index contributed by atoms with van der Waals surface area (Å²) in [6.07, 6.45) is 0.607. The molecule has 8 heteroatoms. The van der Waals surface area contributed by atoms with Crippen LogP contribution in [0.1, 0.15) is 37.6 Å². The van der Waals surface area contributed by atoms with Crippen LogP contribution in [0.15, 0.2) is 17.0 Å². The number of rotatable bonds is 5. The quantitative estimate of drug-likeness (QED) is 0.839. The zero-order valence-electron chi connectivity index (χ0n) is 11.8. The number of hydrogen-bond acceptors (Lipinski definition) is 3. The summed E-state index contributed by atoms with van der Waals surface area (Å²) >= 11 is 0. The second-order valence-electron chi connectivity index (χ2n) is 4.93. The van der Waals surface area contributed by atoms with Gasteiger partial charge in [-0.1, -0.05) is 20.8 Å². The molecule has 0 aromatic heterocycles. The summed E-state index contributed by atoms with van der Waals surface area (Å²) in [4.78, 5) is 11.4. The van der Waals surface area contributed by atoms with Gasteiger partial charge < -0.3 is 5.32 Å². The van der Waals surface area contributed by atoms with Crippen molar-refractivity contribution in [2.75, 3.05) is 0 Å². The fourth-order valence-corrected chi connectivity index (χ4v) is 2.94. The van der Waals surface area contributed by atoms with Crippen LogP contribution in [0.25, 0.3) is 0 Å². The van der Waals surface area contributed by atoms with Crippen LogP contribution in [0, 0.1) is 17.6 Å². The first-order valence-corrected chi connectivity index (χ1v) is 8.63. The molecule has 0 radical (unpaired) electrons. The molecule has 21 heavy (non-hydrogen) atoms. The van der Waals surface area contributed by atoms with Gasteiger partial charge in [-0.2, -0.15) is 0 Å². The van der Waals surface area contributed by atoms with Crippen molar-refractivity contribution in [3.05, 3.63) is 29.3 Å². The molecule has 0 aliphatic rings. The minimum Gasteiger partial charge on any atom is -0.349 e. The number of hydrogen-bond donors (Lipinski definition) is 1. The van der Waals surface area contributed by atoms with Crippen molar-refractivity contribution in [3.8, 4) is 0 Å². The molecule has 118 valence electrons. The fraction of sp³-hybridized carbons (Fsp3) is 0.462. The number of carbonyl (C=O) groups excluding carboxylic acids is 1. The molecule has 0 saturated heterocycles. The monoisotopic (exact) mass is 339 g/mol. The summed E-state index contributed by atoms with van der Waals surface area (Å²) in [5.74, 6) is -3.42. The summed E-state index contributed by atoms with van der Waals surface area (Å²) in [5.41, 5.74) is -0.511. The van der Waals surface area contributed by atoms with Gasteiger partial charge in [0.25, 0.3) is 15.0 Å². The minimum atomic E-state index is -4.38. The number of amides is 1. The van der Waals surface area contributed by atoms with Crippen LogP contribution < -0.4 is 5.32 Å².